The number of nitrogens with zero attached hydrogens (tertiary/aromatic N) is 2. The van der Waals surface area contributed by atoms with Crippen LogP contribution in [-0.2, 0) is 6.42 Å². The topological polar surface area (TPSA) is 35.6 Å². The van der Waals surface area contributed by atoms with E-state index in [9.17, 15) is 4.79 Å². The SMILES string of the molecule is Cc1ccc(C)c(N2CCN(CC(=O)c3ccc4c(c3)CCN4)CC2)c1. The number of Topliss-reactive ketones (excluding diaryl/α,β-unsaturated/α-hetero) is 1. The molecule has 2 heterocycles. The monoisotopic (exact) mass is 349 g/mol. The van der Waals surface area contributed by atoms with Gasteiger partial charge >= 0.3 is 0 Å². The average molecular weight is 349 g/mol. The number of carbonyl (C=O) groups is 1. The largest absolute Gasteiger partial charge is 0.384 e. The van der Waals surface area contributed by atoms with Crippen LogP contribution < -0.4 is 10.2 Å². The second-order valence-corrected chi connectivity index (χ2v) is 7.53. The molecule has 0 aromatic heterocycles. The van der Waals surface area contributed by atoms with E-state index in [0.717, 1.165) is 44.7 Å². The maximum atomic E-state index is 12.7. The summed E-state index contributed by atoms with van der Waals surface area (Å²) in [5.41, 5.74) is 7.27. The third-order valence-electron chi connectivity index (χ3n) is 5.58. The van der Waals surface area contributed by atoms with E-state index in [1.165, 1.54) is 28.1 Å². The zero-order valence-corrected chi connectivity index (χ0v) is 15.7. The highest BCUT2D eigenvalue weighted by atomic mass is 16.1. The summed E-state index contributed by atoms with van der Waals surface area (Å²) in [5, 5.41) is 3.35. The number of rotatable bonds is 4. The Labute approximate surface area is 155 Å². The highest BCUT2D eigenvalue weighted by Gasteiger charge is 2.21. The van der Waals surface area contributed by atoms with Crippen molar-refractivity contribution in [3.63, 3.8) is 0 Å². The smallest absolute Gasteiger partial charge is 0.176 e. The van der Waals surface area contributed by atoms with Gasteiger partial charge < -0.3 is 10.2 Å². The van der Waals surface area contributed by atoms with E-state index in [1.54, 1.807) is 0 Å². The summed E-state index contributed by atoms with van der Waals surface area (Å²) in [7, 11) is 0. The van der Waals surface area contributed by atoms with Gasteiger partial charge in [0.1, 0.15) is 0 Å². The Morgan fingerprint density at radius 3 is 2.65 bits per heavy atom. The second kappa shape index (κ2) is 7.12. The van der Waals surface area contributed by atoms with Gasteiger partial charge in [-0.1, -0.05) is 12.1 Å². The Balaban J connectivity index is 1.36. The molecule has 2 aliphatic rings. The van der Waals surface area contributed by atoms with E-state index in [-0.39, 0.29) is 5.78 Å². The highest BCUT2D eigenvalue weighted by molar-refractivity contribution is 5.98. The third-order valence-corrected chi connectivity index (χ3v) is 5.58. The van der Waals surface area contributed by atoms with Crippen molar-refractivity contribution in [2.45, 2.75) is 20.3 Å². The van der Waals surface area contributed by atoms with Crippen LogP contribution in [0.5, 0.6) is 0 Å². The molecule has 0 bridgehead atoms. The van der Waals surface area contributed by atoms with E-state index in [4.69, 9.17) is 0 Å². The fraction of sp³-hybridized carbons (Fsp3) is 0.409. The molecule has 0 radical (unpaired) electrons. The van der Waals surface area contributed by atoms with Gasteiger partial charge in [0.2, 0.25) is 0 Å². The van der Waals surface area contributed by atoms with E-state index >= 15 is 0 Å². The fourth-order valence-corrected chi connectivity index (χ4v) is 3.98. The summed E-state index contributed by atoms with van der Waals surface area (Å²) >= 11 is 0. The van der Waals surface area contributed by atoms with Crippen molar-refractivity contribution in [1.82, 2.24) is 4.90 Å². The molecule has 2 aliphatic heterocycles. The van der Waals surface area contributed by atoms with Crippen LogP contribution in [0.4, 0.5) is 11.4 Å². The lowest BCUT2D eigenvalue weighted by molar-refractivity contribution is 0.0926. The molecule has 1 fully saturated rings. The molecule has 0 atom stereocenters. The summed E-state index contributed by atoms with van der Waals surface area (Å²) in [6.07, 6.45) is 1.02. The molecule has 0 spiro atoms. The minimum absolute atomic E-state index is 0.236. The molecule has 2 aromatic rings. The van der Waals surface area contributed by atoms with Gasteiger partial charge in [0.05, 0.1) is 6.54 Å². The molecule has 2 aromatic carbocycles. The van der Waals surface area contributed by atoms with Gasteiger partial charge in [0.25, 0.3) is 0 Å². The van der Waals surface area contributed by atoms with Gasteiger partial charge in [-0.3, -0.25) is 9.69 Å². The molecule has 136 valence electrons. The summed E-state index contributed by atoms with van der Waals surface area (Å²) < 4.78 is 0. The zero-order valence-electron chi connectivity index (χ0n) is 15.7. The van der Waals surface area contributed by atoms with E-state index in [2.05, 4.69) is 53.2 Å². The standard InChI is InChI=1S/C22H27N3O/c1-16-3-4-17(2)21(13-16)25-11-9-24(10-12-25)15-22(26)19-5-6-20-18(14-19)7-8-23-20/h3-6,13-14,23H,7-12,15H2,1-2H3. The van der Waals surface area contributed by atoms with Crippen molar-refractivity contribution in [2.75, 3.05) is 49.5 Å². The quantitative estimate of drug-likeness (QED) is 0.860. The molecule has 1 saturated heterocycles. The van der Waals surface area contributed by atoms with Gasteiger partial charge in [-0.25, -0.2) is 0 Å². The van der Waals surface area contributed by atoms with Crippen molar-refractivity contribution in [3.8, 4) is 0 Å². The summed E-state index contributed by atoms with van der Waals surface area (Å²) in [4.78, 5) is 17.4. The fourth-order valence-electron chi connectivity index (χ4n) is 3.98. The summed E-state index contributed by atoms with van der Waals surface area (Å²) in [5.74, 6) is 0.236. The van der Waals surface area contributed by atoms with Crippen molar-refractivity contribution in [1.29, 1.82) is 0 Å². The molecule has 0 unspecified atom stereocenters. The number of benzene rings is 2. The van der Waals surface area contributed by atoms with Crippen molar-refractivity contribution >= 4 is 17.2 Å². The van der Waals surface area contributed by atoms with E-state index in [1.807, 2.05) is 12.1 Å². The Bertz CT molecular complexity index is 822. The minimum Gasteiger partial charge on any atom is -0.384 e. The molecular weight excluding hydrogens is 322 g/mol. The molecule has 0 aliphatic carbocycles. The first-order chi connectivity index (χ1) is 12.6. The number of fused-ring (bicyclic) bond motifs is 1. The van der Waals surface area contributed by atoms with E-state index < -0.39 is 0 Å². The lowest BCUT2D eigenvalue weighted by atomic mass is 10.0. The predicted octanol–water partition coefficient (Wildman–Crippen LogP) is 3.28. The molecule has 4 heteroatoms. The lowest BCUT2D eigenvalue weighted by Crippen LogP contribution is -2.48. The number of hydrogen-bond donors (Lipinski definition) is 1. The third kappa shape index (κ3) is 3.47. The normalized spacial score (nSPS) is 17.1. The van der Waals surface area contributed by atoms with Crippen LogP contribution in [0.1, 0.15) is 27.0 Å². The van der Waals surface area contributed by atoms with E-state index in [0.29, 0.717) is 6.54 Å². The molecule has 4 rings (SSSR count). The second-order valence-electron chi connectivity index (χ2n) is 7.53. The van der Waals surface area contributed by atoms with Gasteiger partial charge in [-0.05, 0) is 61.2 Å². The maximum Gasteiger partial charge on any atom is 0.176 e. The van der Waals surface area contributed by atoms with Crippen LogP contribution in [0.25, 0.3) is 0 Å². The van der Waals surface area contributed by atoms with Crippen molar-refractivity contribution < 1.29 is 4.79 Å². The van der Waals surface area contributed by atoms with Crippen molar-refractivity contribution in [2.24, 2.45) is 0 Å². The molecule has 0 amide bonds. The highest BCUT2D eigenvalue weighted by Crippen LogP contribution is 2.24. The number of piperazine rings is 1. The first-order valence-electron chi connectivity index (χ1n) is 9.55. The van der Waals surface area contributed by atoms with Crippen LogP contribution in [-0.4, -0.2) is 50.0 Å². The Hall–Kier alpha value is -2.33. The Morgan fingerprint density at radius 1 is 1.04 bits per heavy atom. The van der Waals surface area contributed by atoms with Crippen LogP contribution >= 0.6 is 0 Å². The number of hydrogen-bond acceptors (Lipinski definition) is 4. The average Bonchev–Trinajstić information content (AvgIpc) is 3.12. The number of nitrogens with one attached hydrogen (secondary N) is 1. The van der Waals surface area contributed by atoms with Crippen LogP contribution in [0.3, 0.4) is 0 Å². The summed E-state index contributed by atoms with van der Waals surface area (Å²) in [6.45, 7) is 9.64. The number of carbonyl (C=O) groups excluding carboxylic acids is 1. The molecule has 1 N–H and O–H groups in total. The number of aryl methyl sites for hydroxylation is 2. The van der Waals surface area contributed by atoms with Crippen LogP contribution in [0.15, 0.2) is 36.4 Å². The van der Waals surface area contributed by atoms with Gasteiger partial charge in [-0.15, -0.1) is 0 Å². The number of anilines is 2. The summed E-state index contributed by atoms with van der Waals surface area (Å²) in [6, 6.07) is 12.7. The first kappa shape index (κ1) is 17.1. The van der Waals surface area contributed by atoms with Crippen LogP contribution in [0.2, 0.25) is 0 Å². The van der Waals surface area contributed by atoms with Gasteiger partial charge in [0.15, 0.2) is 5.78 Å². The first-order valence-corrected chi connectivity index (χ1v) is 9.55. The molecule has 26 heavy (non-hydrogen) atoms. The predicted molar refractivity (Wildman–Crippen MR) is 108 cm³/mol. The number of ketones is 1. The maximum absolute atomic E-state index is 12.7. The zero-order chi connectivity index (χ0) is 18.1. The van der Waals surface area contributed by atoms with Gasteiger partial charge in [-0.2, -0.15) is 0 Å². The lowest BCUT2D eigenvalue weighted by Gasteiger charge is -2.36. The Kier molecular flexibility index (Phi) is 4.68. The molecule has 0 saturated carbocycles. The molecule has 4 nitrogen and oxygen atoms in total. The van der Waals surface area contributed by atoms with Gasteiger partial charge in [0, 0.05) is 49.7 Å². The van der Waals surface area contributed by atoms with Crippen molar-refractivity contribution in [3.05, 3.63) is 58.7 Å². The Morgan fingerprint density at radius 2 is 1.85 bits per heavy atom. The van der Waals surface area contributed by atoms with Crippen LogP contribution in [0, 0.1) is 13.8 Å². The molecular formula is C22H27N3O. The minimum atomic E-state index is 0.236.